The monoisotopic (exact) mass is 402 g/mol. The largest absolute Gasteiger partial charge is 0.454 e. The number of fused-ring (bicyclic) bond motifs is 2. The zero-order valence-electron chi connectivity index (χ0n) is 14.7. The van der Waals surface area contributed by atoms with Gasteiger partial charge in [0.1, 0.15) is 6.54 Å². The summed E-state index contributed by atoms with van der Waals surface area (Å²) in [5.74, 6) is -0.884. The molecular formula is C19H15ClN2O6. The van der Waals surface area contributed by atoms with E-state index in [-0.39, 0.29) is 29.8 Å². The van der Waals surface area contributed by atoms with E-state index in [4.69, 9.17) is 25.8 Å². The second kappa shape index (κ2) is 7.05. The second-order valence-electron chi connectivity index (χ2n) is 6.23. The van der Waals surface area contributed by atoms with Gasteiger partial charge in [-0.3, -0.25) is 14.5 Å². The van der Waals surface area contributed by atoms with Gasteiger partial charge in [-0.15, -0.1) is 0 Å². The Bertz CT molecular complexity index is 992. The molecule has 0 aliphatic carbocycles. The van der Waals surface area contributed by atoms with E-state index >= 15 is 0 Å². The number of hydrogen-bond acceptors (Lipinski definition) is 6. The van der Waals surface area contributed by atoms with Crippen LogP contribution in [0, 0.1) is 0 Å². The van der Waals surface area contributed by atoms with Crippen LogP contribution in [0.15, 0.2) is 36.4 Å². The van der Waals surface area contributed by atoms with E-state index in [0.717, 1.165) is 0 Å². The van der Waals surface area contributed by atoms with Crippen molar-refractivity contribution in [1.82, 2.24) is 0 Å². The van der Waals surface area contributed by atoms with E-state index in [0.29, 0.717) is 22.9 Å². The fraction of sp³-hybridized carbons (Fsp3) is 0.211. The molecule has 2 heterocycles. The Kier molecular flexibility index (Phi) is 4.56. The molecule has 2 aliphatic heterocycles. The van der Waals surface area contributed by atoms with Crippen molar-refractivity contribution in [2.24, 2.45) is 0 Å². The van der Waals surface area contributed by atoms with E-state index in [1.165, 1.54) is 24.0 Å². The number of para-hydroxylation sites is 2. The predicted octanol–water partition coefficient (Wildman–Crippen LogP) is 2.60. The first-order valence-electron chi connectivity index (χ1n) is 8.44. The van der Waals surface area contributed by atoms with Crippen LogP contribution in [-0.2, 0) is 14.3 Å². The van der Waals surface area contributed by atoms with E-state index in [2.05, 4.69) is 5.32 Å². The lowest BCUT2D eigenvalue weighted by molar-refractivity contribution is -0.128. The molecule has 4 rings (SSSR count). The first-order chi connectivity index (χ1) is 13.4. The van der Waals surface area contributed by atoms with Gasteiger partial charge in [-0.1, -0.05) is 23.7 Å². The topological polar surface area (TPSA) is 94.2 Å². The van der Waals surface area contributed by atoms with Gasteiger partial charge in [-0.25, -0.2) is 4.79 Å². The summed E-state index contributed by atoms with van der Waals surface area (Å²) in [5, 5.41) is 2.91. The highest BCUT2D eigenvalue weighted by atomic mass is 35.5. The highest BCUT2D eigenvalue weighted by molar-refractivity contribution is 6.32. The first kappa shape index (κ1) is 18.1. The standard InChI is InChI=1S/C19H15ClN2O6/c1-10(18(24)22-8-16(23)21-13-4-2-3-5-14(13)22)28-19(25)11-6-12(20)17-15(7-11)26-9-27-17/h2-7,10H,8-9H2,1H3,(H,21,23)/t10-/m0/s1. The minimum Gasteiger partial charge on any atom is -0.454 e. The molecule has 0 saturated heterocycles. The van der Waals surface area contributed by atoms with E-state index < -0.39 is 18.0 Å². The number of amides is 2. The lowest BCUT2D eigenvalue weighted by Gasteiger charge is -2.30. The molecule has 0 radical (unpaired) electrons. The molecule has 2 amide bonds. The number of nitrogens with one attached hydrogen (secondary N) is 1. The molecule has 8 nitrogen and oxygen atoms in total. The molecule has 0 saturated carbocycles. The minimum atomic E-state index is -1.12. The number of rotatable bonds is 3. The molecule has 1 N–H and O–H groups in total. The molecule has 0 aromatic heterocycles. The SMILES string of the molecule is C[C@H](OC(=O)c1cc(Cl)c2c(c1)OCO2)C(=O)N1CC(=O)Nc2ccccc21. The molecule has 2 aromatic carbocycles. The molecule has 0 fully saturated rings. The van der Waals surface area contributed by atoms with E-state index in [9.17, 15) is 14.4 Å². The summed E-state index contributed by atoms with van der Waals surface area (Å²) < 4.78 is 15.7. The highest BCUT2D eigenvalue weighted by Crippen LogP contribution is 2.40. The van der Waals surface area contributed by atoms with Crippen LogP contribution >= 0.6 is 11.6 Å². The van der Waals surface area contributed by atoms with Crippen molar-refractivity contribution in [3.63, 3.8) is 0 Å². The van der Waals surface area contributed by atoms with E-state index in [1.54, 1.807) is 24.3 Å². The average Bonchev–Trinajstić information content (AvgIpc) is 3.16. The summed E-state index contributed by atoms with van der Waals surface area (Å²) in [6, 6.07) is 9.73. The Morgan fingerprint density at radius 2 is 2.04 bits per heavy atom. The zero-order chi connectivity index (χ0) is 19.8. The zero-order valence-corrected chi connectivity index (χ0v) is 15.5. The number of esters is 1. The van der Waals surface area contributed by atoms with Crippen molar-refractivity contribution in [2.45, 2.75) is 13.0 Å². The molecule has 1 atom stereocenters. The second-order valence-corrected chi connectivity index (χ2v) is 6.64. The van der Waals surface area contributed by atoms with Gasteiger partial charge in [0.05, 0.1) is 22.0 Å². The molecule has 0 bridgehead atoms. The van der Waals surface area contributed by atoms with Crippen LogP contribution in [0.4, 0.5) is 11.4 Å². The van der Waals surface area contributed by atoms with Crippen molar-refractivity contribution < 1.29 is 28.6 Å². The minimum absolute atomic E-state index is 0.0128. The van der Waals surface area contributed by atoms with Gasteiger partial charge in [0.25, 0.3) is 5.91 Å². The maximum atomic E-state index is 12.8. The fourth-order valence-corrected chi connectivity index (χ4v) is 3.28. The number of halogens is 1. The molecule has 28 heavy (non-hydrogen) atoms. The third-order valence-corrected chi connectivity index (χ3v) is 4.61. The molecular weight excluding hydrogens is 388 g/mol. The normalized spacial score (nSPS) is 15.5. The Morgan fingerprint density at radius 1 is 1.25 bits per heavy atom. The quantitative estimate of drug-likeness (QED) is 0.793. The summed E-state index contributed by atoms with van der Waals surface area (Å²) in [7, 11) is 0. The van der Waals surface area contributed by atoms with Crippen LogP contribution in [-0.4, -0.2) is 37.2 Å². The van der Waals surface area contributed by atoms with Crippen LogP contribution in [0.1, 0.15) is 17.3 Å². The summed E-state index contributed by atoms with van der Waals surface area (Å²) in [4.78, 5) is 38.5. The Morgan fingerprint density at radius 3 is 2.86 bits per heavy atom. The van der Waals surface area contributed by atoms with Crippen LogP contribution < -0.4 is 19.7 Å². The number of carbonyl (C=O) groups is 3. The number of nitrogens with zero attached hydrogens (tertiary/aromatic N) is 1. The fourth-order valence-electron chi connectivity index (χ4n) is 3.01. The van der Waals surface area contributed by atoms with Crippen molar-refractivity contribution in [3.8, 4) is 11.5 Å². The average molecular weight is 403 g/mol. The van der Waals surface area contributed by atoms with Gasteiger partial charge in [0.2, 0.25) is 12.7 Å². The van der Waals surface area contributed by atoms with Gasteiger partial charge in [-0.2, -0.15) is 0 Å². The van der Waals surface area contributed by atoms with E-state index in [1.807, 2.05) is 0 Å². The number of anilines is 2. The molecule has 2 aliphatic rings. The predicted molar refractivity (Wildman–Crippen MR) is 99.9 cm³/mol. The number of benzene rings is 2. The summed E-state index contributed by atoms with van der Waals surface area (Å²) in [5.41, 5.74) is 1.19. The number of hydrogen-bond donors (Lipinski definition) is 1. The number of carbonyl (C=O) groups excluding carboxylic acids is 3. The van der Waals surface area contributed by atoms with Crippen molar-refractivity contribution in [2.75, 3.05) is 23.6 Å². The smallest absolute Gasteiger partial charge is 0.339 e. The lowest BCUT2D eigenvalue weighted by Crippen LogP contribution is -2.47. The third kappa shape index (κ3) is 3.22. The maximum Gasteiger partial charge on any atom is 0.339 e. The molecule has 0 spiro atoms. The first-order valence-corrected chi connectivity index (χ1v) is 8.82. The van der Waals surface area contributed by atoms with Gasteiger partial charge >= 0.3 is 5.97 Å². The van der Waals surface area contributed by atoms with Crippen LogP contribution in [0.5, 0.6) is 11.5 Å². The molecule has 9 heteroatoms. The molecule has 2 aromatic rings. The molecule has 0 unspecified atom stereocenters. The van der Waals surface area contributed by atoms with Gasteiger partial charge in [0.15, 0.2) is 17.6 Å². The third-order valence-electron chi connectivity index (χ3n) is 4.33. The Hall–Kier alpha value is -3.26. The van der Waals surface area contributed by atoms with Crippen LogP contribution in [0.3, 0.4) is 0 Å². The number of ether oxygens (including phenoxy) is 3. The molecule has 144 valence electrons. The Balaban J connectivity index is 1.52. The van der Waals surface area contributed by atoms with Gasteiger partial charge < -0.3 is 19.5 Å². The summed E-state index contributed by atoms with van der Waals surface area (Å²) >= 11 is 6.08. The van der Waals surface area contributed by atoms with Gasteiger partial charge in [0, 0.05) is 0 Å². The maximum absolute atomic E-state index is 12.8. The lowest BCUT2D eigenvalue weighted by atomic mass is 10.1. The van der Waals surface area contributed by atoms with Crippen LogP contribution in [0.25, 0.3) is 0 Å². The summed E-state index contributed by atoms with van der Waals surface area (Å²) in [6.45, 7) is 1.30. The van der Waals surface area contributed by atoms with Gasteiger partial charge in [-0.05, 0) is 31.2 Å². The summed E-state index contributed by atoms with van der Waals surface area (Å²) in [6.07, 6.45) is -1.12. The van der Waals surface area contributed by atoms with Crippen molar-refractivity contribution in [1.29, 1.82) is 0 Å². The highest BCUT2D eigenvalue weighted by Gasteiger charge is 2.32. The van der Waals surface area contributed by atoms with Crippen LogP contribution in [0.2, 0.25) is 5.02 Å². The Labute approximate surface area is 164 Å². The van der Waals surface area contributed by atoms with Crippen molar-refractivity contribution >= 4 is 40.8 Å². The van der Waals surface area contributed by atoms with Crippen molar-refractivity contribution in [3.05, 3.63) is 47.0 Å².